The second-order valence-electron chi connectivity index (χ2n) is 7.52. The van der Waals surface area contributed by atoms with Gasteiger partial charge in [0, 0.05) is 24.1 Å². The third-order valence-electron chi connectivity index (χ3n) is 4.89. The molecule has 160 valence electrons. The van der Waals surface area contributed by atoms with Crippen molar-refractivity contribution in [3.05, 3.63) is 71.4 Å². The van der Waals surface area contributed by atoms with Crippen LogP contribution in [0.25, 0.3) is 6.08 Å². The number of sulfonamides is 1. The third kappa shape index (κ3) is 5.10. The van der Waals surface area contributed by atoms with E-state index in [0.29, 0.717) is 24.0 Å². The number of hydrogen-bond donors (Lipinski definition) is 3. The molecule has 1 aliphatic rings. The summed E-state index contributed by atoms with van der Waals surface area (Å²) >= 11 is 0. The van der Waals surface area contributed by atoms with E-state index < -0.39 is 10.0 Å². The molecule has 31 heavy (non-hydrogen) atoms. The van der Waals surface area contributed by atoms with Crippen molar-refractivity contribution in [2.45, 2.75) is 31.6 Å². The Labute approximate surface area is 182 Å². The molecule has 0 atom stereocenters. The van der Waals surface area contributed by atoms with Crippen LogP contribution in [0.3, 0.4) is 0 Å². The van der Waals surface area contributed by atoms with Crippen molar-refractivity contribution in [2.75, 3.05) is 17.2 Å². The molecule has 0 saturated heterocycles. The van der Waals surface area contributed by atoms with Crippen molar-refractivity contribution in [3.63, 3.8) is 0 Å². The molecule has 0 spiro atoms. The minimum atomic E-state index is -3.54. The smallest absolute Gasteiger partial charge is 0.240 e. The number of benzene rings is 2. The molecule has 1 aromatic heterocycles. The van der Waals surface area contributed by atoms with Crippen molar-refractivity contribution in [1.82, 2.24) is 14.7 Å². The molecule has 0 saturated carbocycles. The van der Waals surface area contributed by atoms with Gasteiger partial charge in [-0.25, -0.2) is 18.1 Å². The van der Waals surface area contributed by atoms with Gasteiger partial charge in [0.05, 0.1) is 4.90 Å². The second kappa shape index (κ2) is 8.87. The highest BCUT2D eigenvalue weighted by atomic mass is 32.2. The molecule has 1 heterocycles. The first-order chi connectivity index (χ1) is 14.9. The van der Waals surface area contributed by atoms with E-state index in [2.05, 4.69) is 50.5 Å². The summed E-state index contributed by atoms with van der Waals surface area (Å²) in [6, 6.07) is 14.7. The Bertz CT molecular complexity index is 1240. The van der Waals surface area contributed by atoms with Crippen LogP contribution in [0.5, 0.6) is 0 Å². The first kappa shape index (κ1) is 21.0. The molecule has 0 unspecified atom stereocenters. The van der Waals surface area contributed by atoms with Crippen molar-refractivity contribution < 1.29 is 8.42 Å². The summed E-state index contributed by atoms with van der Waals surface area (Å²) in [4.78, 5) is 8.94. The lowest BCUT2D eigenvalue weighted by molar-refractivity contribution is 0.581. The zero-order valence-electron chi connectivity index (χ0n) is 17.5. The fourth-order valence-electron chi connectivity index (χ4n) is 3.41. The average molecular weight is 436 g/mol. The summed E-state index contributed by atoms with van der Waals surface area (Å²) in [7, 11) is -3.54. The molecular weight excluding hydrogens is 410 g/mol. The summed E-state index contributed by atoms with van der Waals surface area (Å²) in [5.41, 5.74) is 5.45. The maximum Gasteiger partial charge on any atom is 0.240 e. The summed E-state index contributed by atoms with van der Waals surface area (Å²) < 4.78 is 27.3. The largest absolute Gasteiger partial charge is 0.340 e. The highest BCUT2D eigenvalue weighted by molar-refractivity contribution is 7.89. The van der Waals surface area contributed by atoms with Crippen LogP contribution in [0.15, 0.2) is 65.2 Å². The Kier molecular flexibility index (Phi) is 6.01. The third-order valence-corrected chi connectivity index (χ3v) is 6.35. The number of fused-ring (bicyclic) bond motifs is 1. The number of aromatic nitrogens is 2. The van der Waals surface area contributed by atoms with E-state index in [9.17, 15) is 8.42 Å². The number of anilines is 4. The number of nitrogens with one attached hydrogen (secondary N) is 3. The van der Waals surface area contributed by atoms with Gasteiger partial charge in [0.15, 0.2) is 0 Å². The van der Waals surface area contributed by atoms with Crippen LogP contribution in [0.2, 0.25) is 0 Å². The van der Waals surface area contributed by atoms with Gasteiger partial charge >= 0.3 is 0 Å². The Morgan fingerprint density at radius 1 is 1.03 bits per heavy atom. The molecule has 0 radical (unpaired) electrons. The maximum absolute atomic E-state index is 12.4. The molecule has 0 amide bonds. The standard InChI is InChI=1S/C23H25N5O2S/c1-3-10-25-31(29,30)21-6-4-5-19(15-21)27-23-24-11-9-22(28-23)26-20-8-7-17-12-16(2)13-18(17)14-20/h4-9,11,13-15,25H,3,10,12H2,1-2H3,(H2,24,26,27,28). The van der Waals surface area contributed by atoms with Gasteiger partial charge in [-0.2, -0.15) is 4.98 Å². The van der Waals surface area contributed by atoms with Crippen LogP contribution in [0, 0.1) is 0 Å². The van der Waals surface area contributed by atoms with Gasteiger partial charge < -0.3 is 10.6 Å². The lowest BCUT2D eigenvalue weighted by Crippen LogP contribution is -2.24. The molecule has 1 aliphatic carbocycles. The number of nitrogens with zero attached hydrogens (tertiary/aromatic N) is 2. The van der Waals surface area contributed by atoms with Gasteiger partial charge in [-0.3, -0.25) is 0 Å². The fourth-order valence-corrected chi connectivity index (χ4v) is 4.59. The van der Waals surface area contributed by atoms with E-state index in [1.807, 2.05) is 13.0 Å². The first-order valence-electron chi connectivity index (χ1n) is 10.2. The van der Waals surface area contributed by atoms with Crippen LogP contribution in [-0.2, 0) is 16.4 Å². The molecule has 0 bridgehead atoms. The molecule has 4 rings (SSSR count). The number of allylic oxidation sites excluding steroid dienone is 1. The molecule has 3 aromatic rings. The van der Waals surface area contributed by atoms with E-state index >= 15 is 0 Å². The fraction of sp³-hybridized carbons (Fsp3) is 0.217. The van der Waals surface area contributed by atoms with Crippen LogP contribution in [-0.4, -0.2) is 24.9 Å². The molecule has 7 nitrogen and oxygen atoms in total. The first-order valence-corrected chi connectivity index (χ1v) is 11.7. The molecule has 0 fully saturated rings. The number of hydrogen-bond acceptors (Lipinski definition) is 6. The summed E-state index contributed by atoms with van der Waals surface area (Å²) in [5, 5.41) is 6.39. The SMILES string of the molecule is CCCNS(=O)(=O)c1cccc(Nc2nccc(Nc3ccc4c(c3)C=C(C)C4)n2)c1. The van der Waals surface area contributed by atoms with Crippen molar-refractivity contribution in [2.24, 2.45) is 0 Å². The van der Waals surface area contributed by atoms with Crippen LogP contribution in [0.4, 0.5) is 23.1 Å². The van der Waals surface area contributed by atoms with Crippen LogP contribution < -0.4 is 15.4 Å². The van der Waals surface area contributed by atoms with Gasteiger partial charge in [0.1, 0.15) is 5.82 Å². The predicted octanol–water partition coefficient (Wildman–Crippen LogP) is 4.61. The Morgan fingerprint density at radius 2 is 1.87 bits per heavy atom. The predicted molar refractivity (Wildman–Crippen MR) is 124 cm³/mol. The Hall–Kier alpha value is -3.23. The molecule has 3 N–H and O–H groups in total. The van der Waals surface area contributed by atoms with Crippen LogP contribution >= 0.6 is 0 Å². The monoisotopic (exact) mass is 435 g/mol. The van der Waals surface area contributed by atoms with Crippen molar-refractivity contribution >= 4 is 39.2 Å². The Morgan fingerprint density at radius 3 is 2.71 bits per heavy atom. The summed E-state index contributed by atoms with van der Waals surface area (Å²) in [6.45, 7) is 4.45. The minimum Gasteiger partial charge on any atom is -0.340 e. The van der Waals surface area contributed by atoms with Crippen molar-refractivity contribution in [1.29, 1.82) is 0 Å². The van der Waals surface area contributed by atoms with Crippen molar-refractivity contribution in [3.8, 4) is 0 Å². The summed E-state index contributed by atoms with van der Waals surface area (Å²) in [6.07, 6.45) is 5.58. The maximum atomic E-state index is 12.4. The topological polar surface area (TPSA) is 96.0 Å². The molecule has 2 aromatic carbocycles. The van der Waals surface area contributed by atoms with E-state index in [1.165, 1.54) is 16.7 Å². The van der Waals surface area contributed by atoms with Gasteiger partial charge in [-0.05, 0) is 67.3 Å². The highest BCUT2D eigenvalue weighted by Gasteiger charge is 2.14. The average Bonchev–Trinajstić information content (AvgIpc) is 3.12. The Balaban J connectivity index is 1.50. The van der Waals surface area contributed by atoms with E-state index in [-0.39, 0.29) is 4.90 Å². The number of rotatable bonds is 8. The minimum absolute atomic E-state index is 0.196. The zero-order valence-corrected chi connectivity index (χ0v) is 18.3. The normalized spacial score (nSPS) is 12.9. The van der Waals surface area contributed by atoms with E-state index in [0.717, 1.165) is 18.5 Å². The second-order valence-corrected chi connectivity index (χ2v) is 9.29. The lowest BCUT2D eigenvalue weighted by Gasteiger charge is -2.11. The molecule has 8 heteroatoms. The van der Waals surface area contributed by atoms with Gasteiger partial charge in [0.2, 0.25) is 16.0 Å². The molecular formula is C23H25N5O2S. The van der Waals surface area contributed by atoms with Gasteiger partial charge in [0.25, 0.3) is 0 Å². The summed E-state index contributed by atoms with van der Waals surface area (Å²) in [5.74, 6) is 1.02. The van der Waals surface area contributed by atoms with Gasteiger partial charge in [-0.15, -0.1) is 0 Å². The zero-order chi connectivity index (χ0) is 21.8. The van der Waals surface area contributed by atoms with E-state index in [4.69, 9.17) is 0 Å². The lowest BCUT2D eigenvalue weighted by atomic mass is 10.1. The van der Waals surface area contributed by atoms with E-state index in [1.54, 1.807) is 36.5 Å². The van der Waals surface area contributed by atoms with Gasteiger partial charge in [-0.1, -0.05) is 30.7 Å². The highest BCUT2D eigenvalue weighted by Crippen LogP contribution is 2.28. The van der Waals surface area contributed by atoms with Crippen LogP contribution in [0.1, 0.15) is 31.4 Å². The molecule has 0 aliphatic heterocycles. The quantitative estimate of drug-likeness (QED) is 0.478.